The molecule has 0 bridgehead atoms. The highest BCUT2D eigenvalue weighted by Crippen LogP contribution is 2.24. The smallest absolute Gasteiger partial charge is 0.305 e. The molecule has 15 amide bonds. The van der Waals surface area contributed by atoms with Gasteiger partial charge in [0.15, 0.2) is 0 Å². The summed E-state index contributed by atoms with van der Waals surface area (Å²) in [5.41, 5.74) is 5.43. The Kier molecular flexibility index (Phi) is 39.1. The molecule has 118 heavy (non-hydrogen) atoms. The Labute approximate surface area is 677 Å². The molecule has 1 saturated heterocycles. The number of aromatic hydroxyl groups is 1. The number of benzene rings is 2. The Bertz CT molecular complexity index is 4020. The van der Waals surface area contributed by atoms with E-state index in [-0.39, 0.29) is 56.9 Å². The maximum absolute atomic E-state index is 14.3. The van der Waals surface area contributed by atoms with Crippen molar-refractivity contribution in [2.24, 2.45) is 17.6 Å². The van der Waals surface area contributed by atoms with E-state index >= 15 is 0 Å². The fourth-order valence-electron chi connectivity index (χ4n) is 11.9. The number of aromatic amines is 1. The van der Waals surface area contributed by atoms with E-state index in [1.165, 1.54) is 81.5 Å². The second kappa shape index (κ2) is 47.1. The molecule has 2 aromatic carbocycles. The normalized spacial score (nSPS) is 16.9. The van der Waals surface area contributed by atoms with Crippen LogP contribution in [0.2, 0.25) is 0 Å². The third-order valence-electron chi connectivity index (χ3n) is 18.4. The van der Waals surface area contributed by atoms with Crippen molar-refractivity contribution in [3.05, 3.63) is 83.9 Å². The molecule has 4 rings (SSSR count). The predicted molar refractivity (Wildman–Crippen MR) is 411 cm³/mol. The molecule has 1 aliphatic rings. The highest BCUT2D eigenvalue weighted by molar-refractivity contribution is 6.01. The van der Waals surface area contributed by atoms with Crippen LogP contribution in [-0.4, -0.2) is 291 Å². The minimum Gasteiger partial charge on any atom is -0.508 e. The summed E-state index contributed by atoms with van der Waals surface area (Å²) in [4.78, 5) is 250. The van der Waals surface area contributed by atoms with Crippen LogP contribution in [-0.2, 0) is 106 Å². The average molecular weight is 1670 g/mol. The Morgan fingerprint density at radius 1 is 0.551 bits per heavy atom. The maximum Gasteiger partial charge on any atom is 0.305 e. The first-order valence-electron chi connectivity index (χ1n) is 37.7. The fourth-order valence-corrected chi connectivity index (χ4v) is 11.9. The number of likely N-dealkylation sites (N-methyl/N-ethyl adjacent to an activating group) is 1. The number of H-pyrrole nitrogens is 1. The number of carbonyl (C=O) groups is 18. The van der Waals surface area contributed by atoms with E-state index < -0.39 is 254 Å². The third-order valence-corrected chi connectivity index (χ3v) is 18.4. The van der Waals surface area contributed by atoms with E-state index in [0.29, 0.717) is 16.8 Å². The number of phenols is 1. The van der Waals surface area contributed by atoms with Gasteiger partial charge in [0.1, 0.15) is 83.8 Å². The molecule has 16 atom stereocenters. The van der Waals surface area contributed by atoms with Gasteiger partial charge >= 0.3 is 17.9 Å². The first-order chi connectivity index (χ1) is 55.4. The Hall–Kier alpha value is -12.3. The minimum absolute atomic E-state index is 0.0157. The number of carbonyl (C=O) groups excluding carboxylic acids is 15. The highest BCUT2D eigenvalue weighted by atomic mass is 16.4. The lowest BCUT2D eigenvalue weighted by atomic mass is 9.92. The van der Waals surface area contributed by atoms with Crippen molar-refractivity contribution in [2.75, 3.05) is 32.8 Å². The molecule has 0 spiro atoms. The number of piperidine rings is 1. The summed E-state index contributed by atoms with van der Waals surface area (Å²) in [6.45, 7) is 8.67. The molecule has 44 heteroatoms. The summed E-state index contributed by atoms with van der Waals surface area (Å²) in [5.74, 6) is -22.1. The van der Waals surface area contributed by atoms with E-state index in [4.69, 9.17) is 5.73 Å². The zero-order chi connectivity index (χ0) is 88.6. The molecule has 1 aromatic heterocycles. The number of carboxylic acid groups (broad SMARTS) is 3. The number of aliphatic carboxylic acids is 3. The number of aromatic nitrogens is 2. The number of aliphatic hydroxyl groups excluding tert-OH is 4. The SMILES string of the molecule is CCNC(=O)C(CCC(=O)O)N1CC(C)C[C@H](NC(=O)[C@H](Cc2ccc(O)cc2)NC(=O)[C@H](CO)NC(=O)[C@H](CO)NC(=O)[C@@H](NC(=O)[C@H](CC(=O)O)NC(=O)[C@H](C)NC(=O)[C@@H](NC(=O)C(Cc2ccccc2)NC(=O)[C@@H](NC(=O)CNC(=O)[C@H](CCC(=O)O)NC(=O)C(C)(C)NC(=O)C(N)Cc2c[nH]cn2)[C@@H](C)O)[C@@H](C)O)C(C)C)C1=O. The molecule has 4 unspecified atom stereocenters. The van der Waals surface area contributed by atoms with E-state index in [0.717, 1.165) is 20.8 Å². The van der Waals surface area contributed by atoms with Crippen LogP contribution in [0.25, 0.3) is 0 Å². The van der Waals surface area contributed by atoms with Crippen molar-refractivity contribution in [2.45, 2.75) is 216 Å². The van der Waals surface area contributed by atoms with Crippen LogP contribution in [0.5, 0.6) is 5.75 Å². The summed E-state index contributed by atoms with van der Waals surface area (Å²) in [6.07, 6.45) is -4.45. The van der Waals surface area contributed by atoms with E-state index in [9.17, 15) is 127 Å². The standard InChI is InChI=1S/C74H108N18O26/c1-10-77-68(113)52(21-23-55(101)102)92-31-36(4)24-49(72(92)117)84-63(108)46(26-41-16-18-43(97)19-17-41)82-66(111)50(32-93)85-67(112)51(33-94)86-69(114)57(35(2)3)89-65(110)48(28-56(103)104)81-60(105)37(5)80-70(115)59(39(7)96)90-64(109)47(25-40-14-12-11-13-15-40)83-71(116)58(38(6)95)88-53(98)30-78-62(107)45(20-22-54(99)100)87-73(118)74(8,9)91-61(106)44(75)27-42-29-76-34-79-42/h11-19,29,34-39,44-52,57-59,93-97H,10,20-28,30-33,75H2,1-9H3,(H,76,79)(H,77,113)(H,78,107)(H,80,115)(H,81,105)(H,82,111)(H,83,116)(H,84,108)(H,85,112)(H,86,114)(H,87,118)(H,88,98)(H,89,110)(H,90,109)(H,91,106)(H,99,100)(H,101,102)(H,103,104)/t36?,37-,38+,39+,44?,45-,46-,47?,48-,49-,50-,51-,52?,57-,58-,59-/m0/s1. The van der Waals surface area contributed by atoms with Crippen LogP contribution in [0.4, 0.5) is 0 Å². The molecule has 25 N–H and O–H groups in total. The lowest BCUT2D eigenvalue weighted by Crippen LogP contribution is -2.63. The van der Waals surface area contributed by atoms with Crippen molar-refractivity contribution in [3.63, 3.8) is 0 Å². The number of phenolic OH excluding ortho intramolecular Hbond substituents is 1. The van der Waals surface area contributed by atoms with Gasteiger partial charge in [-0.25, -0.2) is 4.98 Å². The summed E-state index contributed by atoms with van der Waals surface area (Å²) < 4.78 is 0. The van der Waals surface area contributed by atoms with E-state index in [1.54, 1.807) is 32.0 Å². The van der Waals surface area contributed by atoms with Crippen LogP contribution in [0, 0.1) is 11.8 Å². The predicted octanol–water partition coefficient (Wildman–Crippen LogP) is -8.19. The van der Waals surface area contributed by atoms with Crippen LogP contribution < -0.4 is 80.2 Å². The van der Waals surface area contributed by atoms with Gasteiger partial charge in [-0.1, -0.05) is 63.2 Å². The molecule has 650 valence electrons. The Balaban J connectivity index is 1.44. The van der Waals surface area contributed by atoms with E-state index in [1.807, 2.05) is 0 Å². The molecule has 0 radical (unpaired) electrons. The molecule has 3 aromatic rings. The van der Waals surface area contributed by atoms with Crippen molar-refractivity contribution in [1.82, 2.24) is 89.3 Å². The number of carboxylic acids is 3. The Morgan fingerprint density at radius 3 is 1.59 bits per heavy atom. The van der Waals surface area contributed by atoms with Crippen LogP contribution in [0.1, 0.15) is 118 Å². The molecule has 2 heterocycles. The molecule has 1 fully saturated rings. The Morgan fingerprint density at radius 2 is 1.05 bits per heavy atom. The number of imidazole rings is 1. The molecule has 44 nitrogen and oxygen atoms in total. The number of hydrogen-bond donors (Lipinski definition) is 24. The molecule has 1 aliphatic heterocycles. The van der Waals surface area contributed by atoms with Crippen LogP contribution in [0.3, 0.4) is 0 Å². The van der Waals surface area contributed by atoms with Gasteiger partial charge < -0.3 is 131 Å². The summed E-state index contributed by atoms with van der Waals surface area (Å²) in [6, 6.07) is -8.81. The van der Waals surface area contributed by atoms with Gasteiger partial charge in [0.05, 0.1) is 56.5 Å². The third kappa shape index (κ3) is 31.7. The molecular weight excluding hydrogens is 1560 g/mol. The van der Waals surface area contributed by atoms with Crippen molar-refractivity contribution < 1.29 is 127 Å². The van der Waals surface area contributed by atoms with Gasteiger partial charge in [0.2, 0.25) is 88.6 Å². The zero-order valence-corrected chi connectivity index (χ0v) is 66.5. The summed E-state index contributed by atoms with van der Waals surface area (Å²) >= 11 is 0. The number of aliphatic hydroxyl groups is 4. The largest absolute Gasteiger partial charge is 0.508 e. The van der Waals surface area contributed by atoms with Crippen LogP contribution >= 0.6 is 0 Å². The second-order valence-corrected chi connectivity index (χ2v) is 29.2. The van der Waals surface area contributed by atoms with Crippen molar-refractivity contribution in [1.29, 1.82) is 0 Å². The van der Waals surface area contributed by atoms with Crippen LogP contribution in [0.15, 0.2) is 67.1 Å². The molecular formula is C74H108N18O26. The number of rotatable bonds is 48. The highest BCUT2D eigenvalue weighted by Gasteiger charge is 2.43. The zero-order valence-electron chi connectivity index (χ0n) is 66.5. The molecule has 0 aliphatic carbocycles. The number of nitrogens with one attached hydrogen (secondary N) is 15. The van der Waals surface area contributed by atoms with Crippen molar-refractivity contribution >= 4 is 107 Å². The maximum atomic E-state index is 14.3. The topological polar surface area (TPSA) is 695 Å². The van der Waals surface area contributed by atoms with E-state index in [2.05, 4.69) is 84.4 Å². The fraction of sp³-hybridized carbons (Fsp3) is 0.554. The monoisotopic (exact) mass is 1660 g/mol. The van der Waals surface area contributed by atoms with Gasteiger partial charge in [0, 0.05) is 51.4 Å². The number of likely N-dealkylation sites (tertiary alicyclic amines) is 1. The van der Waals surface area contributed by atoms with Gasteiger partial charge in [-0.15, -0.1) is 0 Å². The van der Waals surface area contributed by atoms with Gasteiger partial charge in [0.25, 0.3) is 0 Å². The van der Waals surface area contributed by atoms with Gasteiger partial charge in [-0.3, -0.25) is 86.3 Å². The van der Waals surface area contributed by atoms with Gasteiger partial charge in [-0.05, 0) is 95.9 Å². The number of hydrogen-bond acceptors (Lipinski definition) is 25. The first-order valence-corrected chi connectivity index (χ1v) is 37.7. The number of nitrogens with zero attached hydrogens (tertiary/aromatic N) is 2. The first kappa shape index (κ1) is 98.1. The van der Waals surface area contributed by atoms with Gasteiger partial charge in [-0.2, -0.15) is 0 Å². The average Bonchev–Trinajstić information content (AvgIpc) is 0.919. The lowest BCUT2D eigenvalue weighted by Gasteiger charge is -2.40. The summed E-state index contributed by atoms with van der Waals surface area (Å²) in [5, 5.41) is 114. The lowest BCUT2D eigenvalue weighted by molar-refractivity contribution is -0.148. The quantitative estimate of drug-likeness (QED) is 0.0250. The summed E-state index contributed by atoms with van der Waals surface area (Å²) in [7, 11) is 0. The minimum atomic E-state index is -2.06. The number of nitrogens with two attached hydrogens (primary N) is 1. The molecule has 0 saturated carbocycles. The number of amides is 15. The van der Waals surface area contributed by atoms with Crippen molar-refractivity contribution in [3.8, 4) is 5.75 Å². The second-order valence-electron chi connectivity index (χ2n) is 29.2.